The molecule has 9 atom stereocenters. The van der Waals surface area contributed by atoms with Crippen LogP contribution < -0.4 is 14.8 Å². The lowest BCUT2D eigenvalue weighted by atomic mass is 9.44. The number of carbonyl (C=O) groups is 3. The SMILES string of the molecule is COc1c(Cl)cc(C(=CCC(=O)N[C@@H]2CC[C@@]3(C)[C@@H](CC[C@@H]4[C@@H]3CC[C@]3(C)[C@@H]([C@H](C)CCCC(C)C)CC[C@@H]43)C2)c2cc(Cl)c(OC)c(C(=O)O)c2)cc1C(=O)O. The normalized spacial score (nSPS) is 29.7. The Morgan fingerprint density at radius 1 is 0.807 bits per heavy atom. The molecule has 0 aromatic heterocycles. The summed E-state index contributed by atoms with van der Waals surface area (Å²) in [7, 11) is 2.67. The second-order valence-corrected chi connectivity index (χ2v) is 19.6. The van der Waals surface area contributed by atoms with E-state index in [9.17, 15) is 24.6 Å². The van der Waals surface area contributed by atoms with E-state index in [1.807, 2.05) is 0 Å². The Kier molecular flexibility index (Phi) is 13.3. The van der Waals surface area contributed by atoms with Crippen LogP contribution in [-0.2, 0) is 4.79 Å². The number of carbonyl (C=O) groups excluding carboxylic acids is 1. The van der Waals surface area contributed by atoms with E-state index in [2.05, 4.69) is 39.9 Å². The summed E-state index contributed by atoms with van der Waals surface area (Å²) in [6.07, 6.45) is 16.8. The van der Waals surface area contributed by atoms with E-state index in [0.29, 0.717) is 33.4 Å². The van der Waals surface area contributed by atoms with Crippen LogP contribution in [-0.4, -0.2) is 48.3 Å². The van der Waals surface area contributed by atoms with Gasteiger partial charge in [0.25, 0.3) is 0 Å². The molecule has 0 radical (unpaired) electrons. The lowest BCUT2D eigenvalue weighted by Crippen LogP contribution is -2.55. The molecule has 4 saturated carbocycles. The average molecular weight is 825 g/mol. The van der Waals surface area contributed by atoms with Gasteiger partial charge in [0.2, 0.25) is 5.91 Å². The van der Waals surface area contributed by atoms with Gasteiger partial charge in [0.05, 0.1) is 24.3 Å². The first-order chi connectivity index (χ1) is 27.0. The number of benzene rings is 2. The van der Waals surface area contributed by atoms with E-state index in [0.717, 1.165) is 54.8 Å². The summed E-state index contributed by atoms with van der Waals surface area (Å²) in [5, 5.41) is 23.4. The highest BCUT2D eigenvalue weighted by atomic mass is 35.5. The number of methoxy groups -OCH3 is 2. The number of rotatable bonds is 14. The van der Waals surface area contributed by atoms with Crippen LogP contribution >= 0.6 is 23.2 Å². The predicted octanol–water partition coefficient (Wildman–Crippen LogP) is 11.8. The Bertz CT molecular complexity index is 1800. The zero-order chi connectivity index (χ0) is 41.4. The lowest BCUT2D eigenvalue weighted by Gasteiger charge is -2.61. The Labute approximate surface area is 349 Å². The molecule has 2 aromatic rings. The van der Waals surface area contributed by atoms with Gasteiger partial charge in [0.1, 0.15) is 11.1 Å². The highest BCUT2D eigenvalue weighted by Gasteiger charge is 2.60. The van der Waals surface area contributed by atoms with Gasteiger partial charge in [-0.25, -0.2) is 9.59 Å². The fourth-order valence-corrected chi connectivity index (χ4v) is 13.1. The molecule has 10 heteroatoms. The fraction of sp³-hybridized carbons (Fsp3) is 0.638. The van der Waals surface area contributed by atoms with Crippen molar-refractivity contribution in [3.05, 3.63) is 62.6 Å². The van der Waals surface area contributed by atoms with Crippen molar-refractivity contribution in [2.45, 2.75) is 124 Å². The maximum atomic E-state index is 13.7. The zero-order valence-electron chi connectivity index (χ0n) is 34.9. The van der Waals surface area contributed by atoms with Crippen LogP contribution in [0.25, 0.3) is 5.57 Å². The van der Waals surface area contributed by atoms with Gasteiger partial charge >= 0.3 is 11.9 Å². The average Bonchev–Trinajstić information content (AvgIpc) is 3.51. The van der Waals surface area contributed by atoms with Crippen LogP contribution in [0.1, 0.15) is 150 Å². The van der Waals surface area contributed by atoms with Crippen molar-refractivity contribution in [3.63, 3.8) is 0 Å². The van der Waals surface area contributed by atoms with E-state index in [-0.39, 0.29) is 51.0 Å². The largest absolute Gasteiger partial charge is 0.494 e. The minimum absolute atomic E-state index is 0.000805. The van der Waals surface area contributed by atoms with Crippen molar-refractivity contribution in [2.24, 2.45) is 52.3 Å². The third-order valence-corrected chi connectivity index (χ3v) is 15.9. The number of hydrogen-bond acceptors (Lipinski definition) is 5. The number of carboxylic acid groups (broad SMARTS) is 2. The van der Waals surface area contributed by atoms with Crippen molar-refractivity contribution < 1.29 is 34.1 Å². The number of hydrogen-bond donors (Lipinski definition) is 3. The lowest BCUT2D eigenvalue weighted by molar-refractivity contribution is -0.127. The second kappa shape index (κ2) is 17.6. The highest BCUT2D eigenvalue weighted by molar-refractivity contribution is 6.33. The van der Waals surface area contributed by atoms with E-state index < -0.39 is 11.9 Å². The summed E-state index contributed by atoms with van der Waals surface area (Å²) >= 11 is 13.0. The Hall–Kier alpha value is -3.23. The van der Waals surface area contributed by atoms with Gasteiger partial charge in [-0.2, -0.15) is 0 Å². The number of aromatic carboxylic acids is 2. The molecular formula is C47H63Cl2NO7. The van der Waals surface area contributed by atoms with Crippen molar-refractivity contribution in [1.29, 1.82) is 0 Å². The van der Waals surface area contributed by atoms with Gasteiger partial charge in [-0.3, -0.25) is 4.79 Å². The molecule has 0 heterocycles. The highest BCUT2D eigenvalue weighted by Crippen LogP contribution is 2.68. The molecule has 0 saturated heterocycles. The minimum Gasteiger partial charge on any atom is -0.494 e. The molecule has 0 aliphatic heterocycles. The molecule has 2 aromatic carbocycles. The Balaban J connectivity index is 1.17. The number of nitrogens with one attached hydrogen (secondary N) is 1. The van der Waals surface area contributed by atoms with Gasteiger partial charge in [-0.1, -0.05) is 83.2 Å². The van der Waals surface area contributed by atoms with Crippen LogP contribution in [0, 0.1) is 52.3 Å². The first kappa shape index (κ1) is 43.4. The van der Waals surface area contributed by atoms with Crippen molar-refractivity contribution in [1.82, 2.24) is 5.32 Å². The van der Waals surface area contributed by atoms with Crippen LogP contribution in [0.3, 0.4) is 0 Å². The molecule has 0 spiro atoms. The maximum absolute atomic E-state index is 13.7. The molecule has 6 rings (SSSR count). The summed E-state index contributed by atoms with van der Waals surface area (Å²) in [5.41, 5.74) is 1.56. The molecule has 0 unspecified atom stereocenters. The maximum Gasteiger partial charge on any atom is 0.339 e. The monoisotopic (exact) mass is 823 g/mol. The molecule has 57 heavy (non-hydrogen) atoms. The van der Waals surface area contributed by atoms with Crippen LogP contribution in [0.4, 0.5) is 0 Å². The number of ether oxygens (including phenoxy) is 2. The molecule has 312 valence electrons. The van der Waals surface area contributed by atoms with Crippen molar-refractivity contribution in [3.8, 4) is 11.5 Å². The first-order valence-corrected chi connectivity index (χ1v) is 22.0. The molecule has 3 N–H and O–H groups in total. The van der Waals surface area contributed by atoms with Crippen LogP contribution in [0.5, 0.6) is 11.5 Å². The van der Waals surface area contributed by atoms with Gasteiger partial charge in [-0.05, 0) is 151 Å². The zero-order valence-corrected chi connectivity index (χ0v) is 36.4. The standard InChI is InChI=1S/C47H63Cl2NO7/c1-26(2)9-8-10-27(3)36-14-15-37-33-12-11-30-25-31(17-19-46(30,4)38(33)18-20-47(36,37)5)50-41(51)16-13-32(28-21-34(44(52)53)42(56-6)39(48)23-28)29-22-35(45(54)55)43(57-7)40(49)24-29/h13,21-24,26-27,30-31,33,36-38H,8-12,14-20,25H2,1-7H3,(H,50,51)(H,52,53)(H,54,55)/t27-,30+,31-,33+,36-,37+,38+,46+,47-/m1/s1. The molecule has 4 aliphatic carbocycles. The fourth-order valence-electron chi connectivity index (χ4n) is 12.5. The van der Waals surface area contributed by atoms with Crippen LogP contribution in [0.2, 0.25) is 10.0 Å². The number of carboxylic acids is 2. The van der Waals surface area contributed by atoms with Gasteiger partial charge in [-0.15, -0.1) is 0 Å². The van der Waals surface area contributed by atoms with Gasteiger partial charge in [0.15, 0.2) is 11.5 Å². The quantitative estimate of drug-likeness (QED) is 0.173. The van der Waals surface area contributed by atoms with E-state index in [4.69, 9.17) is 32.7 Å². The Morgan fingerprint density at radius 3 is 1.95 bits per heavy atom. The Morgan fingerprint density at radius 2 is 1.39 bits per heavy atom. The first-order valence-electron chi connectivity index (χ1n) is 21.2. The molecule has 1 amide bonds. The summed E-state index contributed by atoms with van der Waals surface area (Å²) in [6, 6.07) is 5.97. The van der Waals surface area contributed by atoms with Gasteiger partial charge < -0.3 is 25.0 Å². The minimum atomic E-state index is -1.25. The summed E-state index contributed by atoms with van der Waals surface area (Å²) < 4.78 is 10.6. The van der Waals surface area contributed by atoms with Crippen molar-refractivity contribution in [2.75, 3.05) is 14.2 Å². The van der Waals surface area contributed by atoms with Crippen LogP contribution in [0.15, 0.2) is 30.3 Å². The second-order valence-electron chi connectivity index (χ2n) is 18.7. The summed E-state index contributed by atoms with van der Waals surface area (Å²) in [5.74, 6) is 2.77. The van der Waals surface area contributed by atoms with E-state index >= 15 is 0 Å². The smallest absolute Gasteiger partial charge is 0.339 e. The third kappa shape index (κ3) is 8.60. The number of fused-ring (bicyclic) bond motifs is 5. The predicted molar refractivity (Wildman–Crippen MR) is 227 cm³/mol. The molecular weight excluding hydrogens is 761 g/mol. The summed E-state index contributed by atoms with van der Waals surface area (Å²) in [6.45, 7) is 12.5. The third-order valence-electron chi connectivity index (χ3n) is 15.3. The molecule has 8 nitrogen and oxygen atoms in total. The summed E-state index contributed by atoms with van der Waals surface area (Å²) in [4.78, 5) is 38.2. The topological polar surface area (TPSA) is 122 Å². The van der Waals surface area contributed by atoms with E-state index in [1.165, 1.54) is 84.1 Å². The number of amides is 1. The molecule has 0 bridgehead atoms. The molecule has 4 aliphatic rings. The molecule has 4 fully saturated rings. The van der Waals surface area contributed by atoms with E-state index in [1.54, 1.807) is 18.2 Å². The van der Waals surface area contributed by atoms with Crippen molar-refractivity contribution >= 4 is 46.6 Å². The number of halogens is 2. The van der Waals surface area contributed by atoms with Gasteiger partial charge in [0, 0.05) is 12.5 Å².